The second kappa shape index (κ2) is 10.7. The van der Waals surface area contributed by atoms with Crippen LogP contribution in [-0.4, -0.2) is 40.7 Å². The van der Waals surface area contributed by atoms with E-state index in [4.69, 9.17) is 4.74 Å². The molecule has 0 bridgehead atoms. The number of amides is 4. The molecule has 2 aliphatic heterocycles. The predicted molar refractivity (Wildman–Crippen MR) is 171 cm³/mol. The van der Waals surface area contributed by atoms with Crippen molar-refractivity contribution in [1.82, 2.24) is 4.90 Å². The van der Waals surface area contributed by atoms with Gasteiger partial charge in [0, 0.05) is 15.3 Å². The number of para-hydroxylation sites is 1. The van der Waals surface area contributed by atoms with Gasteiger partial charge in [-0.3, -0.25) is 24.1 Å². The minimum atomic E-state index is -1.21. The van der Waals surface area contributed by atoms with Gasteiger partial charge in [0.15, 0.2) is 11.5 Å². The molecule has 226 valence electrons. The van der Waals surface area contributed by atoms with Crippen molar-refractivity contribution >= 4 is 72.5 Å². The highest BCUT2D eigenvalue weighted by Gasteiger charge is 2.67. The highest BCUT2D eigenvalue weighted by atomic mass is 79.9. The van der Waals surface area contributed by atoms with Gasteiger partial charge in [-0.15, -0.1) is 11.3 Å². The summed E-state index contributed by atoms with van der Waals surface area (Å²) >= 11 is 8.63. The number of nitrogens with zero attached hydrogens (tertiary/aromatic N) is 2. The molecule has 1 aromatic heterocycles. The van der Waals surface area contributed by atoms with Crippen molar-refractivity contribution in [3.8, 4) is 11.5 Å². The Kier molecular flexibility index (Phi) is 7.13. The topological polar surface area (TPSA) is 104 Å². The van der Waals surface area contributed by atoms with E-state index in [0.717, 1.165) is 10.5 Å². The number of ether oxygens (including phenoxy) is 1. The molecule has 2 aliphatic carbocycles. The SMILES string of the molecule is COc1cc(C2C3=CCC4C(=O)N(Cc5cccs5)C(=O)C4C3CC3C(=O)N(c4ccccc4)C(=O)C32C)c(Br)c(Br)c1O. The van der Waals surface area contributed by atoms with Crippen LogP contribution >= 0.6 is 43.2 Å². The summed E-state index contributed by atoms with van der Waals surface area (Å²) in [4.78, 5) is 60.2. The number of phenols is 1. The summed E-state index contributed by atoms with van der Waals surface area (Å²) in [5, 5.41) is 12.7. The zero-order valence-corrected chi connectivity index (χ0v) is 27.8. The molecule has 0 spiro atoms. The number of thiophene rings is 1. The number of allylic oxidation sites excluding steroid dienone is 2. The molecule has 3 heterocycles. The van der Waals surface area contributed by atoms with Crippen LogP contribution in [0.2, 0.25) is 0 Å². The lowest BCUT2D eigenvalue weighted by Crippen LogP contribution is -2.49. The molecule has 3 aromatic rings. The van der Waals surface area contributed by atoms with E-state index in [1.54, 1.807) is 30.3 Å². The maximum Gasteiger partial charge on any atom is 0.241 e. The van der Waals surface area contributed by atoms with E-state index in [9.17, 15) is 24.3 Å². The Labute approximate surface area is 274 Å². The number of phenolic OH excluding ortho intramolecular Hbond substituents is 1. The summed E-state index contributed by atoms with van der Waals surface area (Å²) in [5.41, 5.74) is 0.788. The van der Waals surface area contributed by atoms with Crippen LogP contribution in [0.25, 0.3) is 0 Å². The number of methoxy groups -OCH3 is 1. The van der Waals surface area contributed by atoms with Gasteiger partial charge in [0.05, 0.1) is 47.0 Å². The zero-order valence-electron chi connectivity index (χ0n) is 23.8. The number of fused-ring (bicyclic) bond motifs is 4. The number of carbonyl (C=O) groups excluding carboxylic acids is 4. The number of halogens is 2. The quantitative estimate of drug-likeness (QED) is 0.240. The van der Waals surface area contributed by atoms with Gasteiger partial charge in [-0.2, -0.15) is 0 Å². The molecule has 7 rings (SSSR count). The Bertz CT molecular complexity index is 1760. The second-order valence-corrected chi connectivity index (χ2v) is 14.6. The van der Waals surface area contributed by atoms with Crippen molar-refractivity contribution in [3.63, 3.8) is 0 Å². The van der Waals surface area contributed by atoms with Gasteiger partial charge >= 0.3 is 0 Å². The molecule has 3 fully saturated rings. The number of imide groups is 2. The molecule has 44 heavy (non-hydrogen) atoms. The van der Waals surface area contributed by atoms with E-state index < -0.39 is 35.0 Å². The summed E-state index contributed by atoms with van der Waals surface area (Å²) in [6.07, 6.45) is 2.64. The van der Waals surface area contributed by atoms with E-state index in [1.165, 1.54) is 28.2 Å². The molecular weight excluding hydrogens is 712 g/mol. The standard InChI is InChI=1S/C33H28Br2N2O6S/c1-33-22(30(40)37(32(33)42)16-7-4-3-5-8-16)13-20-18(25(33)21-14-23(43-2)28(38)27(35)26(21)34)10-11-19-24(20)31(41)36(29(19)39)15-17-9-6-12-44-17/h3-10,12,14,19-20,22,24-25,38H,11,13,15H2,1-2H3. The van der Waals surface area contributed by atoms with Crippen LogP contribution in [0.5, 0.6) is 11.5 Å². The highest BCUT2D eigenvalue weighted by molar-refractivity contribution is 9.13. The third kappa shape index (κ3) is 4.04. The van der Waals surface area contributed by atoms with Crippen LogP contribution in [0.3, 0.4) is 0 Å². The average Bonchev–Trinajstić information content (AvgIpc) is 3.68. The summed E-state index contributed by atoms with van der Waals surface area (Å²) in [6.45, 7) is 2.06. The van der Waals surface area contributed by atoms with Crippen molar-refractivity contribution in [1.29, 1.82) is 0 Å². The molecule has 0 radical (unpaired) electrons. The molecule has 6 unspecified atom stereocenters. The fraction of sp³-hybridized carbons (Fsp3) is 0.333. The van der Waals surface area contributed by atoms with Crippen LogP contribution in [0.1, 0.15) is 36.1 Å². The summed E-state index contributed by atoms with van der Waals surface area (Å²) in [6, 6.07) is 14.4. The van der Waals surface area contributed by atoms with Crippen LogP contribution in [-0.2, 0) is 25.7 Å². The molecule has 8 nitrogen and oxygen atoms in total. The van der Waals surface area contributed by atoms with Gasteiger partial charge in [-0.25, -0.2) is 4.90 Å². The van der Waals surface area contributed by atoms with Gasteiger partial charge in [0.25, 0.3) is 0 Å². The lowest BCUT2D eigenvalue weighted by molar-refractivity contribution is -0.141. The van der Waals surface area contributed by atoms with Crippen molar-refractivity contribution < 1.29 is 29.0 Å². The smallest absolute Gasteiger partial charge is 0.241 e. The van der Waals surface area contributed by atoms with E-state index in [2.05, 4.69) is 31.9 Å². The van der Waals surface area contributed by atoms with Crippen molar-refractivity contribution in [2.24, 2.45) is 29.1 Å². The Morgan fingerprint density at radius 2 is 1.75 bits per heavy atom. The van der Waals surface area contributed by atoms with Gasteiger partial charge in [-0.05, 0) is 92.8 Å². The number of aromatic hydroxyl groups is 1. The Morgan fingerprint density at radius 3 is 2.43 bits per heavy atom. The van der Waals surface area contributed by atoms with Gasteiger partial charge in [-0.1, -0.05) is 35.9 Å². The van der Waals surface area contributed by atoms with Gasteiger partial charge in [0.2, 0.25) is 23.6 Å². The zero-order chi connectivity index (χ0) is 31.1. The molecule has 4 aliphatic rings. The average molecular weight is 740 g/mol. The summed E-state index contributed by atoms with van der Waals surface area (Å²) in [7, 11) is 1.45. The van der Waals surface area contributed by atoms with Crippen molar-refractivity contribution in [2.45, 2.75) is 32.2 Å². The van der Waals surface area contributed by atoms with Gasteiger partial charge < -0.3 is 9.84 Å². The maximum absolute atomic E-state index is 14.6. The lowest BCUT2D eigenvalue weighted by atomic mass is 9.51. The van der Waals surface area contributed by atoms with Crippen molar-refractivity contribution in [2.75, 3.05) is 12.0 Å². The first-order chi connectivity index (χ1) is 21.1. The summed E-state index contributed by atoms with van der Waals surface area (Å²) in [5.74, 6) is -3.95. The van der Waals surface area contributed by atoms with E-state index in [0.29, 0.717) is 26.6 Å². The third-order valence-corrected chi connectivity index (χ3v) is 13.0. The second-order valence-electron chi connectivity index (χ2n) is 12.0. The number of rotatable bonds is 5. The molecular formula is C33H28Br2N2O6S. The summed E-state index contributed by atoms with van der Waals surface area (Å²) < 4.78 is 6.39. The molecule has 4 amide bonds. The molecule has 1 N–H and O–H groups in total. The van der Waals surface area contributed by atoms with Crippen LogP contribution in [0.15, 0.2) is 74.5 Å². The largest absolute Gasteiger partial charge is 0.503 e. The number of anilines is 1. The van der Waals surface area contributed by atoms with E-state index >= 15 is 0 Å². The highest BCUT2D eigenvalue weighted by Crippen LogP contribution is 2.65. The first-order valence-corrected chi connectivity index (χ1v) is 16.8. The Hall–Kier alpha value is -3.28. The number of carbonyl (C=O) groups is 4. The number of benzene rings is 2. The van der Waals surface area contributed by atoms with E-state index in [-0.39, 0.29) is 48.1 Å². The minimum Gasteiger partial charge on any atom is -0.503 e. The minimum absolute atomic E-state index is 0.101. The fourth-order valence-electron chi connectivity index (χ4n) is 7.94. The molecule has 11 heteroatoms. The first kappa shape index (κ1) is 29.4. The van der Waals surface area contributed by atoms with Crippen LogP contribution in [0.4, 0.5) is 5.69 Å². The number of hydrogen-bond donors (Lipinski definition) is 1. The van der Waals surface area contributed by atoms with Crippen LogP contribution < -0.4 is 9.64 Å². The number of likely N-dealkylation sites (tertiary alicyclic amines) is 1. The fourth-order valence-corrected chi connectivity index (χ4v) is 9.59. The first-order valence-electron chi connectivity index (χ1n) is 14.3. The lowest BCUT2D eigenvalue weighted by Gasteiger charge is -2.49. The molecule has 2 aromatic carbocycles. The van der Waals surface area contributed by atoms with Crippen LogP contribution in [0, 0.1) is 29.1 Å². The van der Waals surface area contributed by atoms with E-state index in [1.807, 2.05) is 36.6 Å². The predicted octanol–water partition coefficient (Wildman–Crippen LogP) is 6.42. The number of hydrogen-bond acceptors (Lipinski definition) is 7. The Balaban J connectivity index is 1.40. The third-order valence-electron chi connectivity index (χ3n) is 9.98. The van der Waals surface area contributed by atoms with Crippen molar-refractivity contribution in [3.05, 3.63) is 84.9 Å². The Morgan fingerprint density at radius 1 is 1.00 bits per heavy atom. The maximum atomic E-state index is 14.6. The monoisotopic (exact) mass is 738 g/mol. The molecule has 2 saturated heterocycles. The van der Waals surface area contributed by atoms with Gasteiger partial charge in [0.1, 0.15) is 0 Å². The molecule has 1 saturated carbocycles. The molecule has 6 atom stereocenters. The normalized spacial score (nSPS) is 29.5.